The molecule has 0 aromatic carbocycles. The molecule has 1 atom stereocenters. The Labute approximate surface area is 153 Å². The zero-order chi connectivity index (χ0) is 17.9. The molecule has 0 aliphatic carbocycles. The first-order valence-electron chi connectivity index (χ1n) is 9.35. The molecule has 0 radical (unpaired) electrons. The van der Waals surface area contributed by atoms with Gasteiger partial charge in [0, 0.05) is 55.0 Å². The summed E-state index contributed by atoms with van der Waals surface area (Å²) >= 11 is 0. The van der Waals surface area contributed by atoms with E-state index in [-0.39, 0.29) is 12.0 Å². The zero-order valence-corrected chi connectivity index (χ0v) is 15.1. The van der Waals surface area contributed by atoms with E-state index in [0.717, 1.165) is 61.3 Å². The third-order valence-electron chi connectivity index (χ3n) is 5.30. The van der Waals surface area contributed by atoms with Crippen LogP contribution in [0.15, 0.2) is 30.9 Å². The molecule has 0 N–H and O–H groups in total. The average Bonchev–Trinajstić information content (AvgIpc) is 3.22. The molecule has 0 spiro atoms. The van der Waals surface area contributed by atoms with Crippen LogP contribution in [0.4, 0.5) is 0 Å². The molecule has 2 aliphatic heterocycles. The van der Waals surface area contributed by atoms with Crippen molar-refractivity contribution in [1.29, 1.82) is 0 Å². The molecule has 0 saturated carbocycles. The standard InChI is InChI=1S/C20H24N4O2/c1-14-9-16(17-11-21-13-22-12-17)10-18(23-14)15-4-6-24(7-5-15)20(25)19-3-2-8-26-19/h9-13,15,19H,2-8H2,1H3. The van der Waals surface area contributed by atoms with Crippen LogP contribution in [0.2, 0.25) is 0 Å². The molecule has 136 valence electrons. The van der Waals surface area contributed by atoms with Crippen LogP contribution in [-0.2, 0) is 9.53 Å². The van der Waals surface area contributed by atoms with Crippen molar-refractivity contribution in [3.8, 4) is 11.1 Å². The van der Waals surface area contributed by atoms with Crippen LogP contribution < -0.4 is 0 Å². The van der Waals surface area contributed by atoms with Crippen LogP contribution >= 0.6 is 0 Å². The Morgan fingerprint density at radius 1 is 1.12 bits per heavy atom. The van der Waals surface area contributed by atoms with Crippen LogP contribution in [0.5, 0.6) is 0 Å². The Kier molecular flexibility index (Phi) is 4.93. The van der Waals surface area contributed by atoms with E-state index in [9.17, 15) is 4.79 Å². The maximum atomic E-state index is 12.5. The fraction of sp³-hybridized carbons (Fsp3) is 0.500. The minimum Gasteiger partial charge on any atom is -0.368 e. The monoisotopic (exact) mass is 352 g/mol. The van der Waals surface area contributed by atoms with Crippen molar-refractivity contribution >= 4 is 5.91 Å². The first kappa shape index (κ1) is 17.1. The first-order valence-corrected chi connectivity index (χ1v) is 9.35. The maximum Gasteiger partial charge on any atom is 0.251 e. The molecule has 1 unspecified atom stereocenters. The van der Waals surface area contributed by atoms with E-state index in [2.05, 4.69) is 22.1 Å². The van der Waals surface area contributed by atoms with E-state index in [1.165, 1.54) is 0 Å². The Morgan fingerprint density at radius 3 is 2.58 bits per heavy atom. The lowest BCUT2D eigenvalue weighted by Gasteiger charge is -2.33. The van der Waals surface area contributed by atoms with Crippen LogP contribution in [0.3, 0.4) is 0 Å². The van der Waals surface area contributed by atoms with Crippen molar-refractivity contribution in [1.82, 2.24) is 19.9 Å². The van der Waals surface area contributed by atoms with E-state index in [0.29, 0.717) is 12.5 Å². The smallest absolute Gasteiger partial charge is 0.251 e. The summed E-state index contributed by atoms with van der Waals surface area (Å²) in [5.41, 5.74) is 4.21. The summed E-state index contributed by atoms with van der Waals surface area (Å²) in [7, 11) is 0. The van der Waals surface area contributed by atoms with Gasteiger partial charge in [-0.15, -0.1) is 0 Å². The van der Waals surface area contributed by atoms with Gasteiger partial charge < -0.3 is 9.64 Å². The van der Waals surface area contributed by atoms with Crippen molar-refractivity contribution in [2.45, 2.75) is 44.6 Å². The third-order valence-corrected chi connectivity index (χ3v) is 5.30. The van der Waals surface area contributed by atoms with Crippen LogP contribution in [0.25, 0.3) is 11.1 Å². The van der Waals surface area contributed by atoms with Crippen molar-refractivity contribution < 1.29 is 9.53 Å². The summed E-state index contributed by atoms with van der Waals surface area (Å²) in [5.74, 6) is 0.548. The molecule has 1 amide bonds. The fourth-order valence-corrected chi connectivity index (χ4v) is 3.89. The van der Waals surface area contributed by atoms with Crippen molar-refractivity contribution in [3.05, 3.63) is 42.2 Å². The van der Waals surface area contributed by atoms with Gasteiger partial charge in [-0.3, -0.25) is 9.78 Å². The molecular formula is C20H24N4O2. The number of piperidine rings is 1. The van der Waals surface area contributed by atoms with E-state index < -0.39 is 0 Å². The molecule has 2 aliphatic rings. The zero-order valence-electron chi connectivity index (χ0n) is 15.1. The Bertz CT molecular complexity index is 767. The Hall–Kier alpha value is -2.34. The van der Waals surface area contributed by atoms with Gasteiger partial charge in [0.1, 0.15) is 12.4 Å². The molecule has 2 aromatic rings. The normalized spacial score (nSPS) is 21.1. The number of carbonyl (C=O) groups is 1. The summed E-state index contributed by atoms with van der Waals surface area (Å²) < 4.78 is 5.54. The number of hydrogen-bond donors (Lipinski definition) is 0. The van der Waals surface area contributed by atoms with Gasteiger partial charge in [-0.25, -0.2) is 9.97 Å². The number of pyridine rings is 1. The van der Waals surface area contributed by atoms with Gasteiger partial charge in [-0.2, -0.15) is 0 Å². The Balaban J connectivity index is 1.46. The Morgan fingerprint density at radius 2 is 1.88 bits per heavy atom. The molecule has 4 heterocycles. The molecule has 2 saturated heterocycles. The quantitative estimate of drug-likeness (QED) is 0.850. The highest BCUT2D eigenvalue weighted by Gasteiger charge is 2.31. The molecular weight excluding hydrogens is 328 g/mol. The summed E-state index contributed by atoms with van der Waals surface area (Å²) in [5, 5.41) is 0. The number of carbonyl (C=O) groups excluding carboxylic acids is 1. The summed E-state index contributed by atoms with van der Waals surface area (Å²) in [4.78, 5) is 27.5. The number of nitrogens with zero attached hydrogens (tertiary/aromatic N) is 4. The number of aryl methyl sites for hydroxylation is 1. The van der Waals surface area contributed by atoms with Crippen molar-refractivity contribution in [2.75, 3.05) is 19.7 Å². The predicted octanol–water partition coefficient (Wildman–Crippen LogP) is 2.73. The van der Waals surface area contributed by atoms with Gasteiger partial charge in [-0.1, -0.05) is 0 Å². The summed E-state index contributed by atoms with van der Waals surface area (Å²) in [6.45, 7) is 4.30. The number of amides is 1. The minimum atomic E-state index is -0.215. The van der Waals surface area contributed by atoms with Crippen LogP contribution in [0, 0.1) is 6.92 Å². The number of rotatable bonds is 3. The van der Waals surface area contributed by atoms with Gasteiger partial charge in [0.2, 0.25) is 0 Å². The lowest BCUT2D eigenvalue weighted by Crippen LogP contribution is -2.43. The third kappa shape index (κ3) is 3.60. The molecule has 2 fully saturated rings. The summed E-state index contributed by atoms with van der Waals surface area (Å²) in [6.07, 6.45) is 8.72. The second-order valence-corrected chi connectivity index (χ2v) is 7.15. The van der Waals surface area contributed by atoms with Gasteiger partial charge in [0.15, 0.2) is 0 Å². The number of aromatic nitrogens is 3. The van der Waals surface area contributed by atoms with Gasteiger partial charge >= 0.3 is 0 Å². The molecule has 4 rings (SSSR count). The first-order chi connectivity index (χ1) is 12.7. The molecule has 26 heavy (non-hydrogen) atoms. The van der Waals surface area contributed by atoms with Crippen molar-refractivity contribution in [3.63, 3.8) is 0 Å². The van der Waals surface area contributed by atoms with Gasteiger partial charge in [0.25, 0.3) is 5.91 Å². The molecule has 6 nitrogen and oxygen atoms in total. The van der Waals surface area contributed by atoms with Gasteiger partial charge in [0.05, 0.1) is 0 Å². The number of ether oxygens (including phenoxy) is 1. The second-order valence-electron chi connectivity index (χ2n) is 7.15. The van der Waals surface area contributed by atoms with Crippen molar-refractivity contribution in [2.24, 2.45) is 0 Å². The molecule has 2 aromatic heterocycles. The lowest BCUT2D eigenvalue weighted by atomic mass is 9.91. The van der Waals surface area contributed by atoms with E-state index >= 15 is 0 Å². The maximum absolute atomic E-state index is 12.5. The van der Waals surface area contributed by atoms with Crippen LogP contribution in [-0.4, -0.2) is 51.6 Å². The average molecular weight is 352 g/mol. The molecule has 6 heteroatoms. The second kappa shape index (κ2) is 7.50. The predicted molar refractivity (Wildman–Crippen MR) is 97.5 cm³/mol. The van der Waals surface area contributed by atoms with Gasteiger partial charge in [-0.05, 0) is 50.3 Å². The molecule has 0 bridgehead atoms. The largest absolute Gasteiger partial charge is 0.368 e. The van der Waals surface area contributed by atoms with Crippen LogP contribution in [0.1, 0.15) is 43.0 Å². The highest BCUT2D eigenvalue weighted by Crippen LogP contribution is 2.30. The van der Waals surface area contributed by atoms with E-state index in [1.54, 1.807) is 6.33 Å². The minimum absolute atomic E-state index is 0.167. The van der Waals surface area contributed by atoms with E-state index in [4.69, 9.17) is 9.72 Å². The number of hydrogen-bond acceptors (Lipinski definition) is 5. The topological polar surface area (TPSA) is 68.2 Å². The number of likely N-dealkylation sites (tertiary alicyclic amines) is 1. The van der Waals surface area contributed by atoms with E-state index in [1.807, 2.05) is 24.2 Å². The highest BCUT2D eigenvalue weighted by atomic mass is 16.5. The lowest BCUT2D eigenvalue weighted by molar-refractivity contribution is -0.142. The fourth-order valence-electron chi connectivity index (χ4n) is 3.89. The SMILES string of the molecule is Cc1cc(-c2cncnc2)cc(C2CCN(C(=O)C3CCCO3)CC2)n1. The summed E-state index contributed by atoms with van der Waals surface area (Å²) in [6, 6.07) is 4.21. The highest BCUT2D eigenvalue weighted by molar-refractivity contribution is 5.81.